The Morgan fingerprint density at radius 2 is 1.59 bits per heavy atom. The van der Waals surface area contributed by atoms with E-state index >= 15 is 0 Å². The van der Waals surface area contributed by atoms with Gasteiger partial charge in [-0.2, -0.15) is 0 Å². The third kappa shape index (κ3) is 5.26. The first-order valence-corrected chi connectivity index (χ1v) is 10.5. The summed E-state index contributed by atoms with van der Waals surface area (Å²) in [6.07, 6.45) is 1.89. The highest BCUT2D eigenvalue weighted by Gasteiger charge is 2.15. The SMILES string of the molecule is O=C(NCCc1ccc(Cl)cc1)c1ccc(CN2CCc3ccccc3C2)cc1. The fraction of sp³-hybridized carbons (Fsp3) is 0.240. The Hall–Kier alpha value is -2.62. The molecule has 0 saturated heterocycles. The summed E-state index contributed by atoms with van der Waals surface area (Å²) in [5.74, 6) is -0.0302. The molecule has 0 aliphatic carbocycles. The van der Waals surface area contributed by atoms with Crippen molar-refractivity contribution in [3.8, 4) is 0 Å². The Kier molecular flexibility index (Phi) is 6.28. The Bertz CT molecular complexity index is 967. The number of hydrogen-bond donors (Lipinski definition) is 1. The first-order chi connectivity index (χ1) is 14.2. The minimum absolute atomic E-state index is 0.0302. The first-order valence-electron chi connectivity index (χ1n) is 10.1. The maximum atomic E-state index is 12.4. The molecule has 148 valence electrons. The van der Waals surface area contributed by atoms with Crippen molar-refractivity contribution in [2.24, 2.45) is 0 Å². The predicted octanol–water partition coefficient (Wildman–Crippen LogP) is 4.87. The average Bonchev–Trinajstić information content (AvgIpc) is 2.75. The van der Waals surface area contributed by atoms with Crippen LogP contribution in [0.15, 0.2) is 72.8 Å². The van der Waals surface area contributed by atoms with Crippen LogP contribution in [0.4, 0.5) is 0 Å². The van der Waals surface area contributed by atoms with Crippen molar-refractivity contribution in [2.45, 2.75) is 25.9 Å². The predicted molar refractivity (Wildman–Crippen MR) is 118 cm³/mol. The molecule has 0 unspecified atom stereocenters. The van der Waals surface area contributed by atoms with Crippen LogP contribution in [-0.4, -0.2) is 23.9 Å². The van der Waals surface area contributed by atoms with Gasteiger partial charge in [-0.05, 0) is 59.4 Å². The van der Waals surface area contributed by atoms with Gasteiger partial charge in [0.2, 0.25) is 0 Å². The van der Waals surface area contributed by atoms with Crippen molar-refractivity contribution in [3.05, 3.63) is 106 Å². The van der Waals surface area contributed by atoms with E-state index < -0.39 is 0 Å². The first kappa shape index (κ1) is 19.7. The van der Waals surface area contributed by atoms with Gasteiger partial charge in [-0.3, -0.25) is 9.69 Å². The lowest BCUT2D eigenvalue weighted by Gasteiger charge is -2.28. The van der Waals surface area contributed by atoms with Crippen molar-refractivity contribution in [1.82, 2.24) is 10.2 Å². The molecule has 0 fully saturated rings. The van der Waals surface area contributed by atoms with Crippen LogP contribution in [0.3, 0.4) is 0 Å². The molecular formula is C25H25ClN2O. The zero-order valence-electron chi connectivity index (χ0n) is 16.4. The molecule has 1 N–H and O–H groups in total. The monoisotopic (exact) mass is 404 g/mol. The Morgan fingerprint density at radius 3 is 2.34 bits per heavy atom. The van der Waals surface area contributed by atoms with Gasteiger partial charge in [-0.15, -0.1) is 0 Å². The number of nitrogens with zero attached hydrogens (tertiary/aromatic N) is 1. The quantitative estimate of drug-likeness (QED) is 0.635. The number of carbonyl (C=O) groups excluding carboxylic acids is 1. The number of rotatable bonds is 6. The van der Waals surface area contributed by atoms with Crippen LogP contribution in [0, 0.1) is 0 Å². The summed E-state index contributed by atoms with van der Waals surface area (Å²) < 4.78 is 0. The van der Waals surface area contributed by atoms with E-state index in [0.717, 1.165) is 43.1 Å². The van der Waals surface area contributed by atoms with Gasteiger partial charge in [0, 0.05) is 36.8 Å². The van der Waals surface area contributed by atoms with E-state index in [9.17, 15) is 4.79 Å². The van der Waals surface area contributed by atoms with Gasteiger partial charge in [0.15, 0.2) is 0 Å². The Balaban J connectivity index is 1.27. The van der Waals surface area contributed by atoms with Crippen LogP contribution in [0.5, 0.6) is 0 Å². The molecular weight excluding hydrogens is 380 g/mol. The highest BCUT2D eigenvalue weighted by molar-refractivity contribution is 6.30. The van der Waals surface area contributed by atoms with Crippen molar-refractivity contribution < 1.29 is 4.79 Å². The van der Waals surface area contributed by atoms with Crippen LogP contribution in [-0.2, 0) is 25.9 Å². The molecule has 0 radical (unpaired) electrons. The van der Waals surface area contributed by atoms with E-state index in [-0.39, 0.29) is 5.91 Å². The van der Waals surface area contributed by atoms with E-state index in [4.69, 9.17) is 11.6 Å². The lowest BCUT2D eigenvalue weighted by molar-refractivity contribution is 0.0954. The largest absolute Gasteiger partial charge is 0.352 e. The summed E-state index contributed by atoms with van der Waals surface area (Å²) in [5, 5.41) is 3.72. The highest BCUT2D eigenvalue weighted by Crippen LogP contribution is 2.20. The average molecular weight is 405 g/mol. The van der Waals surface area contributed by atoms with Gasteiger partial charge in [-0.1, -0.05) is 60.1 Å². The van der Waals surface area contributed by atoms with E-state index in [1.807, 2.05) is 36.4 Å². The van der Waals surface area contributed by atoms with Gasteiger partial charge >= 0.3 is 0 Å². The molecule has 3 aromatic carbocycles. The number of nitrogens with one attached hydrogen (secondary N) is 1. The summed E-state index contributed by atoms with van der Waals surface area (Å²) >= 11 is 5.90. The number of hydrogen-bond acceptors (Lipinski definition) is 2. The molecule has 1 aliphatic rings. The molecule has 0 saturated carbocycles. The summed E-state index contributed by atoms with van der Waals surface area (Å²) in [4.78, 5) is 14.8. The van der Waals surface area contributed by atoms with E-state index in [1.165, 1.54) is 16.7 Å². The molecule has 3 nitrogen and oxygen atoms in total. The van der Waals surface area contributed by atoms with Gasteiger partial charge < -0.3 is 5.32 Å². The third-order valence-corrected chi connectivity index (χ3v) is 5.70. The molecule has 1 aliphatic heterocycles. The van der Waals surface area contributed by atoms with Gasteiger partial charge in [0.05, 0.1) is 0 Å². The zero-order valence-corrected chi connectivity index (χ0v) is 17.2. The topological polar surface area (TPSA) is 32.3 Å². The van der Waals surface area contributed by atoms with E-state index in [1.54, 1.807) is 0 Å². The van der Waals surface area contributed by atoms with Crippen LogP contribution in [0.25, 0.3) is 0 Å². The van der Waals surface area contributed by atoms with Crippen LogP contribution in [0.1, 0.15) is 32.6 Å². The number of benzene rings is 3. The zero-order chi connectivity index (χ0) is 20.1. The van der Waals surface area contributed by atoms with Crippen molar-refractivity contribution in [2.75, 3.05) is 13.1 Å². The molecule has 0 spiro atoms. The Labute approximate surface area is 177 Å². The lowest BCUT2D eigenvalue weighted by Crippen LogP contribution is -2.30. The maximum Gasteiger partial charge on any atom is 0.251 e. The molecule has 3 aromatic rings. The molecule has 1 amide bonds. The normalized spacial score (nSPS) is 13.7. The maximum absolute atomic E-state index is 12.4. The standard InChI is InChI=1S/C25H25ClN2O/c26-24-11-7-19(8-12-24)13-15-27-25(29)22-9-5-20(6-10-22)17-28-16-14-21-3-1-2-4-23(21)18-28/h1-12H,13-18H2,(H,27,29). The van der Waals surface area contributed by atoms with Crippen LogP contribution < -0.4 is 5.32 Å². The minimum atomic E-state index is -0.0302. The van der Waals surface area contributed by atoms with Gasteiger partial charge in [0.25, 0.3) is 5.91 Å². The highest BCUT2D eigenvalue weighted by atomic mass is 35.5. The van der Waals surface area contributed by atoms with Crippen molar-refractivity contribution in [1.29, 1.82) is 0 Å². The lowest BCUT2D eigenvalue weighted by atomic mass is 9.99. The fourth-order valence-corrected chi connectivity index (χ4v) is 3.91. The number of amides is 1. The van der Waals surface area contributed by atoms with Crippen molar-refractivity contribution in [3.63, 3.8) is 0 Å². The van der Waals surface area contributed by atoms with E-state index in [0.29, 0.717) is 12.1 Å². The van der Waals surface area contributed by atoms with Gasteiger partial charge in [-0.25, -0.2) is 0 Å². The summed E-state index contributed by atoms with van der Waals surface area (Å²) in [6, 6.07) is 24.4. The van der Waals surface area contributed by atoms with E-state index in [2.05, 4.69) is 46.6 Å². The summed E-state index contributed by atoms with van der Waals surface area (Å²) in [6.45, 7) is 3.58. The fourth-order valence-electron chi connectivity index (χ4n) is 3.78. The second kappa shape index (κ2) is 9.25. The van der Waals surface area contributed by atoms with Crippen LogP contribution >= 0.6 is 11.6 Å². The molecule has 4 heteroatoms. The summed E-state index contributed by atoms with van der Waals surface area (Å²) in [5.41, 5.74) is 5.99. The second-order valence-corrected chi connectivity index (χ2v) is 8.00. The second-order valence-electron chi connectivity index (χ2n) is 7.56. The smallest absolute Gasteiger partial charge is 0.251 e. The molecule has 4 rings (SSSR count). The minimum Gasteiger partial charge on any atom is -0.352 e. The number of halogens is 1. The number of carbonyl (C=O) groups is 1. The molecule has 0 aromatic heterocycles. The molecule has 0 bridgehead atoms. The van der Waals surface area contributed by atoms with Gasteiger partial charge in [0.1, 0.15) is 0 Å². The Morgan fingerprint density at radius 1 is 0.897 bits per heavy atom. The number of fused-ring (bicyclic) bond motifs is 1. The van der Waals surface area contributed by atoms with Crippen LogP contribution in [0.2, 0.25) is 5.02 Å². The van der Waals surface area contributed by atoms with Crippen molar-refractivity contribution >= 4 is 17.5 Å². The molecule has 0 atom stereocenters. The third-order valence-electron chi connectivity index (χ3n) is 5.44. The molecule has 1 heterocycles. The summed E-state index contributed by atoms with van der Waals surface area (Å²) in [7, 11) is 0. The molecule has 29 heavy (non-hydrogen) atoms.